The number of esters is 1. The third-order valence-electron chi connectivity index (χ3n) is 4.09. The first-order chi connectivity index (χ1) is 10.3. The Labute approximate surface area is 139 Å². The van der Waals surface area contributed by atoms with E-state index < -0.39 is 5.97 Å². The summed E-state index contributed by atoms with van der Waals surface area (Å²) in [5.41, 5.74) is 0.528. The summed E-state index contributed by atoms with van der Waals surface area (Å²) in [6.07, 6.45) is 1.68. The van der Waals surface area contributed by atoms with Gasteiger partial charge in [0, 0.05) is 0 Å². The molecule has 1 aliphatic rings. The molecular weight excluding hydrogens is 325 g/mol. The number of hydrogen-bond donors (Lipinski definition) is 1. The highest BCUT2D eigenvalue weighted by molar-refractivity contribution is 6.55. The molecule has 0 bridgehead atoms. The molecule has 6 heteroatoms. The lowest BCUT2D eigenvalue weighted by atomic mass is 10.1. The summed E-state index contributed by atoms with van der Waals surface area (Å²) in [7, 11) is 1.30. The fraction of sp³-hybridized carbons (Fsp3) is 0.375. The van der Waals surface area contributed by atoms with Crippen LogP contribution in [0.3, 0.4) is 0 Å². The average molecular weight is 342 g/mol. The van der Waals surface area contributed by atoms with Crippen LogP contribution < -0.4 is 5.32 Å². The summed E-state index contributed by atoms with van der Waals surface area (Å²) >= 11 is 11.4. The molecule has 1 aliphatic carbocycles. The van der Waals surface area contributed by atoms with Gasteiger partial charge in [0.25, 0.3) is 0 Å². The maximum atomic E-state index is 12.5. The lowest BCUT2D eigenvalue weighted by molar-refractivity contribution is -0.118. The first-order valence-corrected chi connectivity index (χ1v) is 7.55. The second-order valence-corrected chi connectivity index (χ2v) is 6.82. The van der Waals surface area contributed by atoms with E-state index >= 15 is 0 Å². The van der Waals surface area contributed by atoms with E-state index in [0.717, 1.165) is 0 Å². The highest BCUT2D eigenvalue weighted by atomic mass is 35.5. The normalized spacial score (nSPS) is 21.7. The van der Waals surface area contributed by atoms with Gasteiger partial charge in [-0.25, -0.2) is 4.79 Å². The van der Waals surface area contributed by atoms with Crippen LogP contribution in [0.2, 0.25) is 0 Å². The van der Waals surface area contributed by atoms with E-state index in [0.29, 0.717) is 11.3 Å². The van der Waals surface area contributed by atoms with E-state index in [9.17, 15) is 9.59 Å². The fourth-order valence-corrected chi connectivity index (χ4v) is 2.99. The van der Waals surface area contributed by atoms with Gasteiger partial charge in [0.15, 0.2) is 0 Å². The molecule has 0 saturated heterocycles. The number of nitrogens with one attached hydrogen (secondary N) is 1. The molecule has 0 radical (unpaired) electrons. The largest absolute Gasteiger partial charge is 0.465 e. The molecule has 4 nitrogen and oxygen atoms in total. The summed E-state index contributed by atoms with van der Waals surface area (Å²) in [4.78, 5) is 24.2. The summed E-state index contributed by atoms with van der Waals surface area (Å²) in [6, 6.07) is 6.72. The van der Waals surface area contributed by atoms with Crippen LogP contribution in [0.1, 0.15) is 24.2 Å². The maximum absolute atomic E-state index is 12.5. The number of carbonyl (C=O) groups excluding carboxylic acids is 2. The Hall–Kier alpha value is -1.52. The van der Waals surface area contributed by atoms with E-state index in [1.165, 1.54) is 7.11 Å². The highest BCUT2D eigenvalue weighted by Gasteiger charge is 2.60. The third kappa shape index (κ3) is 3.28. The molecule has 0 aromatic heterocycles. The van der Waals surface area contributed by atoms with Gasteiger partial charge < -0.3 is 10.1 Å². The Kier molecular flexibility index (Phi) is 4.83. The predicted molar refractivity (Wildman–Crippen MR) is 87.0 cm³/mol. The van der Waals surface area contributed by atoms with Crippen LogP contribution >= 0.6 is 23.2 Å². The Balaban J connectivity index is 2.18. The summed E-state index contributed by atoms with van der Waals surface area (Å²) in [6.45, 7) is 3.95. The number of benzene rings is 1. The number of hydrogen-bond acceptors (Lipinski definition) is 3. The van der Waals surface area contributed by atoms with Crippen molar-refractivity contribution < 1.29 is 14.3 Å². The number of halogens is 2. The Bertz CT molecular complexity index is 636. The van der Waals surface area contributed by atoms with Crippen molar-refractivity contribution in [1.82, 2.24) is 0 Å². The zero-order chi connectivity index (χ0) is 16.5. The van der Waals surface area contributed by atoms with Gasteiger partial charge in [0.2, 0.25) is 5.91 Å². The van der Waals surface area contributed by atoms with Gasteiger partial charge in [0.1, 0.15) is 4.49 Å². The van der Waals surface area contributed by atoms with Crippen molar-refractivity contribution in [3.63, 3.8) is 0 Å². The monoisotopic (exact) mass is 341 g/mol. The van der Waals surface area contributed by atoms with Gasteiger partial charge in [0.05, 0.1) is 24.3 Å². The van der Waals surface area contributed by atoms with Crippen molar-refractivity contribution in [3.8, 4) is 0 Å². The third-order valence-corrected chi connectivity index (χ3v) is 4.34. The number of carbonyl (C=O) groups is 2. The zero-order valence-electron chi connectivity index (χ0n) is 12.5. The molecule has 1 aromatic rings. The first-order valence-electron chi connectivity index (χ1n) is 6.80. The molecule has 22 heavy (non-hydrogen) atoms. The standard InChI is InChI=1S/C16H17Cl2NO3/c1-16(2)10(8-12(17)18)13(16)14(20)19-11-7-5-4-6-9(11)15(21)22-3/h4-8,10,13H,1-3H3,(H,19,20). The lowest BCUT2D eigenvalue weighted by Gasteiger charge is -2.10. The minimum absolute atomic E-state index is 0.0252. The SMILES string of the molecule is COC(=O)c1ccccc1NC(=O)C1C(C=C(Cl)Cl)C1(C)C. The molecule has 0 heterocycles. The van der Waals surface area contributed by atoms with Crippen LogP contribution in [-0.4, -0.2) is 19.0 Å². The Morgan fingerprint density at radius 1 is 1.27 bits per heavy atom. The summed E-state index contributed by atoms with van der Waals surface area (Å²) in [5, 5.41) is 2.79. The van der Waals surface area contributed by atoms with Crippen molar-refractivity contribution in [2.45, 2.75) is 13.8 Å². The fourth-order valence-electron chi connectivity index (χ4n) is 2.72. The van der Waals surface area contributed by atoms with Crippen LogP contribution in [0, 0.1) is 17.3 Å². The molecule has 1 amide bonds. The number of allylic oxidation sites excluding steroid dienone is 1. The van der Waals surface area contributed by atoms with E-state index in [1.54, 1.807) is 30.3 Å². The highest BCUT2D eigenvalue weighted by Crippen LogP contribution is 2.60. The first kappa shape index (κ1) is 16.8. The van der Waals surface area contributed by atoms with E-state index in [1.807, 2.05) is 13.8 Å². The van der Waals surface area contributed by atoms with Crippen molar-refractivity contribution >= 4 is 40.8 Å². The van der Waals surface area contributed by atoms with Crippen LogP contribution in [0.5, 0.6) is 0 Å². The number of amides is 1. The van der Waals surface area contributed by atoms with Crippen LogP contribution in [0.15, 0.2) is 34.8 Å². The molecule has 1 N–H and O–H groups in total. The van der Waals surface area contributed by atoms with Gasteiger partial charge in [-0.15, -0.1) is 0 Å². The minimum Gasteiger partial charge on any atom is -0.465 e. The summed E-state index contributed by atoms with van der Waals surface area (Å²) < 4.78 is 4.87. The van der Waals surface area contributed by atoms with E-state index in [2.05, 4.69) is 5.32 Å². The smallest absolute Gasteiger partial charge is 0.339 e. The second kappa shape index (κ2) is 6.31. The predicted octanol–water partition coefficient (Wildman–Crippen LogP) is 4.00. The van der Waals surface area contributed by atoms with Gasteiger partial charge in [-0.2, -0.15) is 0 Å². The van der Waals surface area contributed by atoms with Crippen molar-refractivity contribution in [2.24, 2.45) is 17.3 Å². The van der Waals surface area contributed by atoms with Gasteiger partial charge >= 0.3 is 5.97 Å². The number of methoxy groups -OCH3 is 1. The van der Waals surface area contributed by atoms with Gasteiger partial charge in [-0.3, -0.25) is 4.79 Å². The van der Waals surface area contributed by atoms with Crippen molar-refractivity contribution in [3.05, 3.63) is 40.4 Å². The topological polar surface area (TPSA) is 55.4 Å². The number of anilines is 1. The summed E-state index contributed by atoms with van der Waals surface area (Å²) in [5.74, 6) is -0.933. The molecule has 2 atom stereocenters. The number of para-hydroxylation sites is 1. The molecule has 1 saturated carbocycles. The molecule has 0 spiro atoms. The quantitative estimate of drug-likeness (QED) is 0.842. The van der Waals surface area contributed by atoms with E-state index in [4.69, 9.17) is 27.9 Å². The van der Waals surface area contributed by atoms with Gasteiger partial charge in [-0.05, 0) is 29.5 Å². The maximum Gasteiger partial charge on any atom is 0.339 e. The van der Waals surface area contributed by atoms with Gasteiger partial charge in [-0.1, -0.05) is 49.2 Å². The number of ether oxygens (including phenoxy) is 1. The zero-order valence-corrected chi connectivity index (χ0v) is 14.0. The molecule has 2 rings (SSSR count). The van der Waals surface area contributed by atoms with Crippen LogP contribution in [0.4, 0.5) is 5.69 Å². The average Bonchev–Trinajstić information content (AvgIpc) is 2.98. The van der Waals surface area contributed by atoms with Crippen LogP contribution in [0.25, 0.3) is 0 Å². The number of rotatable bonds is 4. The van der Waals surface area contributed by atoms with Crippen molar-refractivity contribution in [2.75, 3.05) is 12.4 Å². The molecule has 118 valence electrons. The Morgan fingerprint density at radius 2 is 1.91 bits per heavy atom. The van der Waals surface area contributed by atoms with Crippen LogP contribution in [-0.2, 0) is 9.53 Å². The van der Waals surface area contributed by atoms with Crippen molar-refractivity contribution in [1.29, 1.82) is 0 Å². The molecular formula is C16H17Cl2NO3. The van der Waals surface area contributed by atoms with E-state index in [-0.39, 0.29) is 27.6 Å². The molecule has 1 aromatic carbocycles. The second-order valence-electron chi connectivity index (χ2n) is 5.81. The lowest BCUT2D eigenvalue weighted by Crippen LogP contribution is -2.19. The molecule has 1 fully saturated rings. The molecule has 2 unspecified atom stereocenters. The Morgan fingerprint density at radius 3 is 2.50 bits per heavy atom. The molecule has 0 aliphatic heterocycles. The minimum atomic E-state index is -0.494.